The summed E-state index contributed by atoms with van der Waals surface area (Å²) in [6, 6.07) is 0. The zero-order valence-corrected chi connectivity index (χ0v) is 4.85. The van der Waals surface area contributed by atoms with E-state index in [1.54, 1.807) is 0 Å². The predicted molar refractivity (Wildman–Crippen MR) is 35.2 cm³/mol. The highest BCUT2D eigenvalue weighted by atomic mass is 16.1. The van der Waals surface area contributed by atoms with Crippen molar-refractivity contribution in [2.75, 3.05) is 0 Å². The average Bonchev–Trinajstić information content (AvgIpc) is 1.83. The van der Waals surface area contributed by atoms with Crippen molar-refractivity contribution in [3.8, 4) is 0 Å². The Labute approximate surface area is 51.4 Å². The second kappa shape index (κ2) is 1.85. The minimum atomic E-state index is -0.275. The molecule has 0 aliphatic carbocycles. The number of aromatic nitrogens is 2. The molecule has 0 radical (unpaired) electrons. The standard InChI is InChI=1S/C6H6N2O/c1-4-3-7-8-6(9)5(4)2/h3H,1-2H2,(H,8,9). The van der Waals surface area contributed by atoms with Crippen LogP contribution in [0.15, 0.2) is 11.0 Å². The third kappa shape index (κ3) is 0.887. The lowest BCUT2D eigenvalue weighted by Crippen LogP contribution is -2.39. The summed E-state index contributed by atoms with van der Waals surface area (Å²) in [7, 11) is 0. The molecule has 3 nitrogen and oxygen atoms in total. The Bertz CT molecular complexity index is 321. The van der Waals surface area contributed by atoms with Gasteiger partial charge in [0.25, 0.3) is 5.56 Å². The highest BCUT2D eigenvalue weighted by Gasteiger charge is 1.82. The van der Waals surface area contributed by atoms with Gasteiger partial charge < -0.3 is 0 Å². The van der Waals surface area contributed by atoms with E-state index in [0.717, 1.165) is 0 Å². The lowest BCUT2D eigenvalue weighted by molar-refractivity contribution is 0.964. The van der Waals surface area contributed by atoms with Crippen molar-refractivity contribution in [3.63, 3.8) is 0 Å². The SMILES string of the molecule is C=c1cn[nH]c(=O)c1=C. The molecular weight excluding hydrogens is 116 g/mol. The molecule has 1 N–H and O–H groups in total. The van der Waals surface area contributed by atoms with Crippen molar-refractivity contribution in [2.24, 2.45) is 0 Å². The minimum Gasteiger partial charge on any atom is -0.267 e. The van der Waals surface area contributed by atoms with Crippen LogP contribution in [0, 0.1) is 0 Å². The highest BCUT2D eigenvalue weighted by Crippen LogP contribution is 1.40. The number of aromatic amines is 1. The fourth-order valence-electron chi connectivity index (χ4n) is 0.460. The van der Waals surface area contributed by atoms with Crippen LogP contribution in [0.4, 0.5) is 0 Å². The molecule has 3 heteroatoms. The summed E-state index contributed by atoms with van der Waals surface area (Å²) in [5.41, 5.74) is -0.275. The van der Waals surface area contributed by atoms with Gasteiger partial charge in [-0.05, 0) is 5.22 Å². The van der Waals surface area contributed by atoms with Crippen LogP contribution in [0.2, 0.25) is 0 Å². The summed E-state index contributed by atoms with van der Waals surface area (Å²) in [4.78, 5) is 10.6. The van der Waals surface area contributed by atoms with Gasteiger partial charge in [-0.25, -0.2) is 5.10 Å². The first-order valence-electron chi connectivity index (χ1n) is 2.43. The Balaban J connectivity index is 3.85. The molecule has 0 aliphatic heterocycles. The first kappa shape index (κ1) is 5.75. The van der Waals surface area contributed by atoms with E-state index in [0.29, 0.717) is 10.4 Å². The molecule has 0 atom stereocenters. The number of H-pyrrole nitrogens is 1. The average molecular weight is 122 g/mol. The van der Waals surface area contributed by atoms with Crippen LogP contribution in [0.3, 0.4) is 0 Å². The van der Waals surface area contributed by atoms with E-state index in [1.807, 2.05) is 0 Å². The number of nitrogens with zero attached hydrogens (tertiary/aromatic N) is 1. The maximum atomic E-state index is 10.6. The molecular formula is C6H6N2O. The van der Waals surface area contributed by atoms with E-state index in [2.05, 4.69) is 23.4 Å². The molecule has 0 amide bonds. The Hall–Kier alpha value is -1.38. The topological polar surface area (TPSA) is 45.8 Å². The number of rotatable bonds is 0. The van der Waals surface area contributed by atoms with Gasteiger partial charge in [0.1, 0.15) is 0 Å². The Kier molecular flexibility index (Phi) is 1.18. The first-order chi connectivity index (χ1) is 4.22. The van der Waals surface area contributed by atoms with Crippen molar-refractivity contribution in [2.45, 2.75) is 0 Å². The quantitative estimate of drug-likeness (QED) is 0.459. The largest absolute Gasteiger partial charge is 0.271 e. The van der Waals surface area contributed by atoms with Crippen LogP contribution in [0.25, 0.3) is 13.2 Å². The van der Waals surface area contributed by atoms with Crippen molar-refractivity contribution in [1.29, 1.82) is 0 Å². The summed E-state index contributed by atoms with van der Waals surface area (Å²) < 4.78 is 0. The third-order valence-corrected chi connectivity index (χ3v) is 1.05. The second-order valence-electron chi connectivity index (χ2n) is 1.70. The van der Waals surface area contributed by atoms with Gasteiger partial charge in [0, 0.05) is 5.22 Å². The molecule has 1 aromatic rings. The van der Waals surface area contributed by atoms with Crippen LogP contribution in [0.5, 0.6) is 0 Å². The van der Waals surface area contributed by atoms with Gasteiger partial charge in [-0.2, -0.15) is 5.10 Å². The van der Waals surface area contributed by atoms with Crippen molar-refractivity contribution < 1.29 is 0 Å². The van der Waals surface area contributed by atoms with Crippen LogP contribution >= 0.6 is 0 Å². The van der Waals surface area contributed by atoms with E-state index in [1.165, 1.54) is 6.20 Å². The normalized spacial score (nSPS) is 9.33. The highest BCUT2D eigenvalue weighted by molar-refractivity contribution is 5.08. The van der Waals surface area contributed by atoms with Crippen molar-refractivity contribution in [3.05, 3.63) is 27.0 Å². The maximum Gasteiger partial charge on any atom is 0.271 e. The molecule has 0 fully saturated rings. The Morgan fingerprint density at radius 3 is 2.67 bits per heavy atom. The van der Waals surface area contributed by atoms with Crippen molar-refractivity contribution in [1.82, 2.24) is 10.2 Å². The molecule has 0 saturated carbocycles. The summed E-state index contributed by atoms with van der Waals surface area (Å²) in [6.45, 7) is 7.01. The maximum absolute atomic E-state index is 10.6. The zero-order chi connectivity index (χ0) is 6.85. The lowest BCUT2D eigenvalue weighted by Gasteiger charge is -1.80. The number of hydrogen-bond acceptors (Lipinski definition) is 2. The first-order valence-corrected chi connectivity index (χ1v) is 2.43. The van der Waals surface area contributed by atoms with Gasteiger partial charge in [-0.3, -0.25) is 4.79 Å². The van der Waals surface area contributed by atoms with E-state index in [-0.39, 0.29) is 5.56 Å². The van der Waals surface area contributed by atoms with Crippen LogP contribution in [-0.2, 0) is 0 Å². The molecule has 46 valence electrons. The molecule has 0 bridgehead atoms. The van der Waals surface area contributed by atoms with Crippen LogP contribution < -0.4 is 16.0 Å². The summed E-state index contributed by atoms with van der Waals surface area (Å²) in [5, 5.41) is 6.68. The van der Waals surface area contributed by atoms with E-state index < -0.39 is 0 Å². The molecule has 0 aromatic carbocycles. The summed E-state index contributed by atoms with van der Waals surface area (Å²) in [5.74, 6) is 0. The van der Waals surface area contributed by atoms with E-state index in [4.69, 9.17) is 0 Å². The van der Waals surface area contributed by atoms with Crippen LogP contribution in [-0.4, -0.2) is 10.2 Å². The van der Waals surface area contributed by atoms with Gasteiger partial charge >= 0.3 is 0 Å². The molecule has 0 spiro atoms. The zero-order valence-electron chi connectivity index (χ0n) is 4.85. The fraction of sp³-hybridized carbons (Fsp3) is 0. The summed E-state index contributed by atoms with van der Waals surface area (Å²) in [6.07, 6.45) is 1.46. The lowest BCUT2D eigenvalue weighted by atomic mass is 10.4. The van der Waals surface area contributed by atoms with Crippen LogP contribution in [0.1, 0.15) is 0 Å². The molecule has 0 unspecified atom stereocenters. The van der Waals surface area contributed by atoms with Crippen molar-refractivity contribution >= 4 is 13.2 Å². The monoisotopic (exact) mass is 122 g/mol. The van der Waals surface area contributed by atoms with Gasteiger partial charge in [-0.1, -0.05) is 13.2 Å². The minimum absolute atomic E-state index is 0.275. The Morgan fingerprint density at radius 1 is 1.56 bits per heavy atom. The van der Waals surface area contributed by atoms with Gasteiger partial charge in [0.15, 0.2) is 0 Å². The molecule has 1 aromatic heterocycles. The second-order valence-corrected chi connectivity index (χ2v) is 1.70. The Morgan fingerprint density at radius 2 is 2.22 bits per heavy atom. The van der Waals surface area contributed by atoms with Gasteiger partial charge in [0.05, 0.1) is 6.20 Å². The van der Waals surface area contributed by atoms with Gasteiger partial charge in [-0.15, -0.1) is 0 Å². The predicted octanol–water partition coefficient (Wildman–Crippen LogP) is -1.41. The molecule has 0 saturated heterocycles. The summed E-state index contributed by atoms with van der Waals surface area (Å²) >= 11 is 0. The molecule has 1 heterocycles. The number of nitrogens with one attached hydrogen (secondary N) is 1. The van der Waals surface area contributed by atoms with Gasteiger partial charge in [0.2, 0.25) is 0 Å². The third-order valence-electron chi connectivity index (χ3n) is 1.05. The molecule has 9 heavy (non-hydrogen) atoms. The van der Waals surface area contributed by atoms with E-state index in [9.17, 15) is 4.79 Å². The van der Waals surface area contributed by atoms with E-state index >= 15 is 0 Å². The molecule has 1 rings (SSSR count). The smallest absolute Gasteiger partial charge is 0.267 e. The molecule has 0 aliphatic rings. The number of hydrogen-bond donors (Lipinski definition) is 1. The fourth-order valence-corrected chi connectivity index (χ4v) is 0.460.